The number of epoxide rings is 2. The molecule has 2 heterocycles. The zero-order valence-electron chi connectivity index (χ0n) is 7.80. The van der Waals surface area contributed by atoms with E-state index in [4.69, 9.17) is 9.47 Å². The van der Waals surface area contributed by atoms with Crippen molar-refractivity contribution in [1.82, 2.24) is 0 Å². The lowest BCUT2D eigenvalue weighted by molar-refractivity contribution is 0.191. The Morgan fingerprint density at radius 1 is 1.25 bits per heavy atom. The zero-order valence-corrected chi connectivity index (χ0v) is 7.80. The van der Waals surface area contributed by atoms with E-state index in [1.807, 2.05) is 0 Å². The number of fused-ring (bicyclic) bond motifs is 1. The second-order valence-corrected chi connectivity index (χ2v) is 4.99. The third-order valence-electron chi connectivity index (χ3n) is 3.99. The fourth-order valence-electron chi connectivity index (χ4n) is 2.55. The molecule has 1 saturated carbocycles. The van der Waals surface area contributed by atoms with E-state index in [9.17, 15) is 0 Å². The molecule has 4 atom stereocenters. The topological polar surface area (TPSA) is 25.1 Å². The molecule has 0 N–H and O–H groups in total. The van der Waals surface area contributed by atoms with Gasteiger partial charge in [-0.3, -0.25) is 0 Å². The van der Waals surface area contributed by atoms with Crippen molar-refractivity contribution in [3.8, 4) is 0 Å². The zero-order chi connectivity index (χ0) is 8.40. The van der Waals surface area contributed by atoms with Crippen molar-refractivity contribution in [2.24, 2.45) is 5.92 Å². The molecule has 12 heavy (non-hydrogen) atoms. The average Bonchev–Trinajstić information content (AvgIpc) is 2.86. The summed E-state index contributed by atoms with van der Waals surface area (Å²) in [6.07, 6.45) is 4.31. The molecule has 2 heteroatoms. The van der Waals surface area contributed by atoms with E-state index in [0.717, 1.165) is 12.5 Å². The minimum absolute atomic E-state index is 0.229. The van der Waals surface area contributed by atoms with E-state index in [1.165, 1.54) is 19.3 Å². The van der Waals surface area contributed by atoms with Crippen LogP contribution in [0.3, 0.4) is 0 Å². The Kier molecular flexibility index (Phi) is 1.15. The first-order valence-corrected chi connectivity index (χ1v) is 4.94. The first-order valence-electron chi connectivity index (χ1n) is 4.94. The predicted octanol–water partition coefficient (Wildman–Crippen LogP) is 1.73. The highest BCUT2D eigenvalue weighted by molar-refractivity contribution is 5.08. The number of ether oxygens (including phenoxy) is 2. The molecule has 0 aromatic rings. The van der Waals surface area contributed by atoms with Crippen LogP contribution in [-0.2, 0) is 9.47 Å². The molecule has 3 fully saturated rings. The van der Waals surface area contributed by atoms with E-state index >= 15 is 0 Å². The molecular weight excluding hydrogens is 152 g/mol. The Morgan fingerprint density at radius 3 is 2.58 bits per heavy atom. The van der Waals surface area contributed by atoms with Gasteiger partial charge in [0.2, 0.25) is 0 Å². The van der Waals surface area contributed by atoms with Crippen LogP contribution in [0.2, 0.25) is 0 Å². The fourth-order valence-corrected chi connectivity index (χ4v) is 2.55. The molecule has 2 saturated heterocycles. The van der Waals surface area contributed by atoms with Gasteiger partial charge in [0.25, 0.3) is 0 Å². The fraction of sp³-hybridized carbons (Fsp3) is 1.00. The van der Waals surface area contributed by atoms with Crippen molar-refractivity contribution in [3.05, 3.63) is 0 Å². The molecule has 1 aliphatic carbocycles. The molecule has 2 nitrogen and oxygen atoms in total. The van der Waals surface area contributed by atoms with Gasteiger partial charge in [-0.05, 0) is 39.0 Å². The first kappa shape index (κ1) is 7.34. The van der Waals surface area contributed by atoms with Crippen LogP contribution < -0.4 is 0 Å². The summed E-state index contributed by atoms with van der Waals surface area (Å²) in [4.78, 5) is 0. The van der Waals surface area contributed by atoms with E-state index < -0.39 is 0 Å². The lowest BCUT2D eigenvalue weighted by Crippen LogP contribution is -2.29. The SMILES string of the molecule is C[C@@]12CC[C@H]([C@@]3(C)CO3)CC1O2. The van der Waals surface area contributed by atoms with E-state index in [-0.39, 0.29) is 11.2 Å². The van der Waals surface area contributed by atoms with Gasteiger partial charge in [0, 0.05) is 0 Å². The Balaban J connectivity index is 1.70. The Hall–Kier alpha value is -0.0800. The van der Waals surface area contributed by atoms with Gasteiger partial charge in [0.15, 0.2) is 0 Å². The molecule has 1 unspecified atom stereocenters. The van der Waals surface area contributed by atoms with Crippen LogP contribution in [0, 0.1) is 5.92 Å². The summed E-state index contributed by atoms with van der Waals surface area (Å²) in [6, 6.07) is 0. The van der Waals surface area contributed by atoms with Crippen LogP contribution in [0.4, 0.5) is 0 Å². The number of hydrogen-bond donors (Lipinski definition) is 0. The first-order chi connectivity index (χ1) is 5.62. The second kappa shape index (κ2) is 1.88. The maximum Gasteiger partial charge on any atom is 0.0920 e. The van der Waals surface area contributed by atoms with E-state index in [2.05, 4.69) is 13.8 Å². The summed E-state index contributed by atoms with van der Waals surface area (Å²) in [6.45, 7) is 5.45. The predicted molar refractivity (Wildman–Crippen MR) is 45.0 cm³/mol. The van der Waals surface area contributed by atoms with Gasteiger partial charge >= 0.3 is 0 Å². The molecule has 3 aliphatic rings. The lowest BCUT2D eigenvalue weighted by Gasteiger charge is -2.25. The minimum Gasteiger partial charge on any atom is -0.370 e. The highest BCUT2D eigenvalue weighted by Gasteiger charge is 2.60. The molecule has 68 valence electrons. The molecule has 0 radical (unpaired) electrons. The quantitative estimate of drug-likeness (QED) is 0.557. The molecule has 2 aliphatic heterocycles. The van der Waals surface area contributed by atoms with E-state index in [0.29, 0.717) is 6.10 Å². The highest BCUT2D eigenvalue weighted by atomic mass is 16.6. The molecule has 0 amide bonds. The summed E-state index contributed by atoms with van der Waals surface area (Å²) in [7, 11) is 0. The van der Waals surface area contributed by atoms with Crippen molar-refractivity contribution in [2.45, 2.75) is 50.4 Å². The summed E-state index contributed by atoms with van der Waals surface area (Å²) < 4.78 is 11.1. The van der Waals surface area contributed by atoms with Crippen molar-refractivity contribution in [3.63, 3.8) is 0 Å². The largest absolute Gasteiger partial charge is 0.370 e. The van der Waals surface area contributed by atoms with Crippen molar-refractivity contribution < 1.29 is 9.47 Å². The smallest absolute Gasteiger partial charge is 0.0920 e. The van der Waals surface area contributed by atoms with Crippen LogP contribution in [0.15, 0.2) is 0 Å². The van der Waals surface area contributed by atoms with Crippen molar-refractivity contribution >= 4 is 0 Å². The van der Waals surface area contributed by atoms with Crippen LogP contribution in [0.5, 0.6) is 0 Å². The third-order valence-corrected chi connectivity index (χ3v) is 3.99. The van der Waals surface area contributed by atoms with Gasteiger partial charge in [0.1, 0.15) is 0 Å². The van der Waals surface area contributed by atoms with Gasteiger partial charge < -0.3 is 9.47 Å². The van der Waals surface area contributed by atoms with Gasteiger partial charge in [-0.2, -0.15) is 0 Å². The Labute approximate surface area is 73.2 Å². The van der Waals surface area contributed by atoms with Crippen LogP contribution >= 0.6 is 0 Å². The maximum atomic E-state index is 5.66. The standard InChI is InChI=1S/C10H16O2/c1-9-4-3-7(5-8(9)12-9)10(2)6-11-10/h7-8H,3-6H2,1-2H3/t7-,8?,9+,10+/m0/s1. The maximum absolute atomic E-state index is 5.66. The summed E-state index contributed by atoms with van der Waals surface area (Å²) in [5.74, 6) is 0.762. The Bertz CT molecular complexity index is 222. The summed E-state index contributed by atoms with van der Waals surface area (Å²) in [5, 5.41) is 0. The van der Waals surface area contributed by atoms with Gasteiger partial charge in [0.05, 0.1) is 23.9 Å². The van der Waals surface area contributed by atoms with Gasteiger partial charge in [-0.25, -0.2) is 0 Å². The van der Waals surface area contributed by atoms with E-state index in [1.54, 1.807) is 0 Å². The molecule has 0 bridgehead atoms. The number of rotatable bonds is 1. The van der Waals surface area contributed by atoms with Crippen LogP contribution in [0.25, 0.3) is 0 Å². The molecule has 0 spiro atoms. The number of hydrogen-bond acceptors (Lipinski definition) is 2. The molecule has 3 rings (SSSR count). The molecule has 0 aromatic carbocycles. The highest BCUT2D eigenvalue weighted by Crippen LogP contribution is 2.54. The minimum atomic E-state index is 0.229. The average molecular weight is 168 g/mol. The normalized spacial score (nSPS) is 62.5. The van der Waals surface area contributed by atoms with Crippen LogP contribution in [-0.4, -0.2) is 23.9 Å². The Morgan fingerprint density at radius 2 is 2.00 bits per heavy atom. The summed E-state index contributed by atoms with van der Waals surface area (Å²) in [5.41, 5.74) is 0.495. The van der Waals surface area contributed by atoms with Gasteiger partial charge in [-0.1, -0.05) is 0 Å². The molecular formula is C10H16O2. The third kappa shape index (κ3) is 0.882. The van der Waals surface area contributed by atoms with Crippen molar-refractivity contribution in [1.29, 1.82) is 0 Å². The monoisotopic (exact) mass is 168 g/mol. The van der Waals surface area contributed by atoms with Crippen LogP contribution in [0.1, 0.15) is 33.1 Å². The molecule has 0 aromatic heterocycles. The summed E-state index contributed by atoms with van der Waals surface area (Å²) >= 11 is 0. The van der Waals surface area contributed by atoms with Gasteiger partial charge in [-0.15, -0.1) is 0 Å². The second-order valence-electron chi connectivity index (χ2n) is 4.99. The lowest BCUT2D eigenvalue weighted by atomic mass is 9.77. The van der Waals surface area contributed by atoms with Crippen molar-refractivity contribution in [2.75, 3.05) is 6.61 Å².